The quantitative estimate of drug-likeness (QED) is 0.399. The van der Waals surface area contributed by atoms with Crippen LogP contribution in [0, 0.1) is 0 Å². The maximum Gasteiger partial charge on any atom is 0.191 e. The third-order valence-electron chi connectivity index (χ3n) is 4.31. The van der Waals surface area contributed by atoms with Gasteiger partial charge in [-0.15, -0.1) is 11.3 Å². The summed E-state index contributed by atoms with van der Waals surface area (Å²) in [5.74, 6) is 0.878. The molecule has 7 nitrogen and oxygen atoms in total. The summed E-state index contributed by atoms with van der Waals surface area (Å²) in [4.78, 5) is 11.8. The number of aliphatic imine (C=N–C) groups is 1. The van der Waals surface area contributed by atoms with E-state index < -0.39 is 0 Å². The standard InChI is InChI=1S/C18H29N7S/c1-2-19-17(20-8-5-13-25-14-6-9-22-25)21-10-7-16-15-26-18(23-16)24-11-3-4-12-24/h6,9,14-15H,2-5,7-8,10-13H2,1H3,(H2,19,20,21). The third kappa shape index (κ3) is 5.72. The van der Waals surface area contributed by atoms with Crippen LogP contribution in [0.2, 0.25) is 0 Å². The molecule has 26 heavy (non-hydrogen) atoms. The summed E-state index contributed by atoms with van der Waals surface area (Å²) in [5, 5.41) is 14.3. The maximum atomic E-state index is 4.77. The Bertz CT molecular complexity index is 659. The van der Waals surface area contributed by atoms with E-state index in [1.807, 2.05) is 23.1 Å². The highest BCUT2D eigenvalue weighted by Gasteiger charge is 2.15. The number of nitrogens with zero attached hydrogens (tertiary/aromatic N) is 5. The molecule has 1 aliphatic heterocycles. The van der Waals surface area contributed by atoms with Crippen molar-refractivity contribution < 1.29 is 0 Å². The van der Waals surface area contributed by atoms with E-state index in [4.69, 9.17) is 4.98 Å². The number of anilines is 1. The number of aryl methyl sites for hydroxylation is 1. The summed E-state index contributed by atoms with van der Waals surface area (Å²) in [6.07, 6.45) is 8.27. The van der Waals surface area contributed by atoms with Crippen LogP contribution >= 0.6 is 11.3 Å². The first-order valence-electron chi connectivity index (χ1n) is 9.54. The van der Waals surface area contributed by atoms with Crippen molar-refractivity contribution in [2.24, 2.45) is 4.99 Å². The molecule has 0 radical (unpaired) electrons. The van der Waals surface area contributed by atoms with Crippen LogP contribution in [0.3, 0.4) is 0 Å². The van der Waals surface area contributed by atoms with Gasteiger partial charge >= 0.3 is 0 Å². The molecule has 0 amide bonds. The molecule has 0 aromatic carbocycles. The molecule has 1 aliphatic rings. The number of rotatable bonds is 9. The summed E-state index contributed by atoms with van der Waals surface area (Å²) in [6.45, 7) is 7.78. The van der Waals surface area contributed by atoms with Crippen LogP contribution in [0.25, 0.3) is 0 Å². The largest absolute Gasteiger partial charge is 0.357 e. The summed E-state index contributed by atoms with van der Waals surface area (Å²) in [5.41, 5.74) is 1.17. The van der Waals surface area contributed by atoms with Gasteiger partial charge in [0.1, 0.15) is 0 Å². The predicted octanol–water partition coefficient (Wildman–Crippen LogP) is 2.13. The van der Waals surface area contributed by atoms with Crippen molar-refractivity contribution in [1.29, 1.82) is 0 Å². The van der Waals surface area contributed by atoms with Gasteiger partial charge in [0.25, 0.3) is 0 Å². The molecule has 1 saturated heterocycles. The molecule has 2 N–H and O–H groups in total. The van der Waals surface area contributed by atoms with Gasteiger partial charge in [-0.05, 0) is 32.3 Å². The van der Waals surface area contributed by atoms with Crippen LogP contribution in [0.1, 0.15) is 31.9 Å². The fourth-order valence-electron chi connectivity index (χ4n) is 2.97. The molecule has 2 aromatic rings. The molecule has 2 aromatic heterocycles. The fraction of sp³-hybridized carbons (Fsp3) is 0.611. The number of nitrogens with one attached hydrogen (secondary N) is 2. The summed E-state index contributed by atoms with van der Waals surface area (Å²) in [6, 6.07) is 1.95. The first-order chi connectivity index (χ1) is 12.8. The maximum absolute atomic E-state index is 4.77. The Kier molecular flexibility index (Phi) is 7.30. The Balaban J connectivity index is 1.39. The SMILES string of the molecule is CCNC(=NCCCn1cccn1)NCCc1csc(N2CCCC2)n1. The number of guanidine groups is 1. The number of aromatic nitrogens is 3. The Hall–Kier alpha value is -2.09. The van der Waals surface area contributed by atoms with Crippen molar-refractivity contribution in [3.05, 3.63) is 29.5 Å². The zero-order valence-corrected chi connectivity index (χ0v) is 16.3. The van der Waals surface area contributed by atoms with Gasteiger partial charge in [-0.25, -0.2) is 4.98 Å². The van der Waals surface area contributed by atoms with Crippen LogP contribution in [-0.4, -0.2) is 53.4 Å². The van der Waals surface area contributed by atoms with Crippen molar-refractivity contribution in [3.8, 4) is 0 Å². The van der Waals surface area contributed by atoms with Crippen molar-refractivity contribution in [2.45, 2.75) is 39.2 Å². The van der Waals surface area contributed by atoms with Gasteiger partial charge in [-0.3, -0.25) is 9.67 Å². The predicted molar refractivity (Wildman–Crippen MR) is 108 cm³/mol. The molecule has 0 aliphatic carbocycles. The minimum Gasteiger partial charge on any atom is -0.357 e. The smallest absolute Gasteiger partial charge is 0.191 e. The molecule has 0 saturated carbocycles. The lowest BCUT2D eigenvalue weighted by Gasteiger charge is -2.12. The second-order valence-electron chi connectivity index (χ2n) is 6.38. The lowest BCUT2D eigenvalue weighted by atomic mass is 10.3. The van der Waals surface area contributed by atoms with Crippen LogP contribution in [-0.2, 0) is 13.0 Å². The van der Waals surface area contributed by atoms with Crippen molar-refractivity contribution in [2.75, 3.05) is 37.6 Å². The summed E-state index contributed by atoms with van der Waals surface area (Å²) < 4.78 is 1.94. The average Bonchev–Trinajstić information content (AvgIpc) is 3.40. The monoisotopic (exact) mass is 375 g/mol. The average molecular weight is 376 g/mol. The highest BCUT2D eigenvalue weighted by molar-refractivity contribution is 7.13. The first-order valence-corrected chi connectivity index (χ1v) is 10.4. The van der Waals surface area contributed by atoms with Gasteiger partial charge in [0.15, 0.2) is 11.1 Å². The highest BCUT2D eigenvalue weighted by atomic mass is 32.1. The van der Waals surface area contributed by atoms with Crippen LogP contribution in [0.15, 0.2) is 28.8 Å². The zero-order valence-electron chi connectivity index (χ0n) is 15.5. The van der Waals surface area contributed by atoms with Gasteiger partial charge in [0.05, 0.1) is 5.69 Å². The van der Waals surface area contributed by atoms with E-state index in [2.05, 4.69) is 37.9 Å². The Morgan fingerprint density at radius 1 is 1.31 bits per heavy atom. The van der Waals surface area contributed by atoms with E-state index >= 15 is 0 Å². The Morgan fingerprint density at radius 3 is 2.96 bits per heavy atom. The molecule has 142 valence electrons. The molecule has 0 unspecified atom stereocenters. The van der Waals surface area contributed by atoms with E-state index in [-0.39, 0.29) is 0 Å². The lowest BCUT2D eigenvalue weighted by Crippen LogP contribution is -2.38. The van der Waals surface area contributed by atoms with E-state index in [0.29, 0.717) is 0 Å². The number of hydrogen-bond donors (Lipinski definition) is 2. The minimum atomic E-state index is 0.783. The minimum absolute atomic E-state index is 0.783. The van der Waals surface area contributed by atoms with Crippen LogP contribution < -0.4 is 15.5 Å². The normalized spacial score (nSPS) is 14.8. The molecule has 0 atom stereocenters. The van der Waals surface area contributed by atoms with Crippen LogP contribution in [0.4, 0.5) is 5.13 Å². The van der Waals surface area contributed by atoms with Crippen molar-refractivity contribution >= 4 is 22.4 Å². The first kappa shape index (κ1) is 18.7. The molecule has 3 heterocycles. The van der Waals surface area contributed by atoms with Gasteiger partial charge in [-0.1, -0.05) is 0 Å². The van der Waals surface area contributed by atoms with E-state index in [1.54, 1.807) is 11.3 Å². The molecular formula is C18H29N7S. The van der Waals surface area contributed by atoms with Crippen LogP contribution in [0.5, 0.6) is 0 Å². The zero-order chi connectivity index (χ0) is 18.0. The second-order valence-corrected chi connectivity index (χ2v) is 7.21. The number of hydrogen-bond acceptors (Lipinski definition) is 5. The van der Waals surface area contributed by atoms with E-state index in [1.165, 1.54) is 23.7 Å². The molecule has 8 heteroatoms. The Morgan fingerprint density at radius 2 is 2.19 bits per heavy atom. The molecular weight excluding hydrogens is 346 g/mol. The molecule has 1 fully saturated rings. The molecule has 0 bridgehead atoms. The van der Waals surface area contributed by atoms with Gasteiger partial charge in [0, 0.05) is 63.5 Å². The van der Waals surface area contributed by atoms with Crippen molar-refractivity contribution in [1.82, 2.24) is 25.4 Å². The highest BCUT2D eigenvalue weighted by Crippen LogP contribution is 2.24. The fourth-order valence-corrected chi connectivity index (χ4v) is 3.89. The van der Waals surface area contributed by atoms with Crippen molar-refractivity contribution in [3.63, 3.8) is 0 Å². The number of thiazole rings is 1. The molecule has 0 spiro atoms. The lowest BCUT2D eigenvalue weighted by molar-refractivity contribution is 0.584. The summed E-state index contributed by atoms with van der Waals surface area (Å²) in [7, 11) is 0. The van der Waals surface area contributed by atoms with Gasteiger partial charge in [0.2, 0.25) is 0 Å². The van der Waals surface area contributed by atoms with E-state index in [0.717, 1.165) is 58.1 Å². The van der Waals surface area contributed by atoms with Gasteiger partial charge in [-0.2, -0.15) is 5.10 Å². The third-order valence-corrected chi connectivity index (χ3v) is 5.26. The molecule has 3 rings (SSSR count). The summed E-state index contributed by atoms with van der Waals surface area (Å²) >= 11 is 1.76. The Labute approximate surface area is 159 Å². The van der Waals surface area contributed by atoms with E-state index in [9.17, 15) is 0 Å². The second kappa shape index (κ2) is 10.2. The topological polar surface area (TPSA) is 70.4 Å². The van der Waals surface area contributed by atoms with Gasteiger partial charge < -0.3 is 15.5 Å².